The Morgan fingerprint density at radius 2 is 1.64 bits per heavy atom. The molecule has 0 fully saturated rings. The van der Waals surface area contributed by atoms with Crippen LogP contribution in [0, 0.1) is 0 Å². The third-order valence-electron chi connectivity index (χ3n) is 5.97. The number of unbranched alkanes of at least 4 members (excludes halogenated alkanes) is 6. The van der Waals surface area contributed by atoms with Crippen molar-refractivity contribution in [1.82, 2.24) is 10.5 Å². The van der Waals surface area contributed by atoms with Crippen LogP contribution in [0.2, 0.25) is 0 Å². The Morgan fingerprint density at radius 1 is 0.972 bits per heavy atom. The molecule has 0 bridgehead atoms. The second-order valence-electron chi connectivity index (χ2n) is 8.94. The summed E-state index contributed by atoms with van der Waals surface area (Å²) < 4.78 is 25.9. The lowest BCUT2D eigenvalue weighted by Crippen LogP contribution is -2.38. The molecule has 1 amide bonds. The molecule has 1 aromatic carbocycles. The summed E-state index contributed by atoms with van der Waals surface area (Å²) in [6.45, 7) is 6.78. The minimum absolute atomic E-state index is 0.116. The summed E-state index contributed by atoms with van der Waals surface area (Å²) in [6.07, 6.45) is 12.3. The van der Waals surface area contributed by atoms with Gasteiger partial charge in [-0.1, -0.05) is 70.1 Å². The van der Waals surface area contributed by atoms with E-state index in [1.165, 1.54) is 25.7 Å². The number of amides is 1. The van der Waals surface area contributed by atoms with Gasteiger partial charge in [0.2, 0.25) is 0 Å². The first kappa shape index (κ1) is 29.2. The Morgan fingerprint density at radius 3 is 2.25 bits per heavy atom. The number of benzene rings is 1. The van der Waals surface area contributed by atoms with Gasteiger partial charge < -0.3 is 9.74 Å². The van der Waals surface area contributed by atoms with Gasteiger partial charge in [-0.25, -0.2) is 4.57 Å². The van der Waals surface area contributed by atoms with Crippen LogP contribution in [-0.4, -0.2) is 23.9 Å². The summed E-state index contributed by atoms with van der Waals surface area (Å²) in [5, 5.41) is 0. The number of halogens is 2. The molecule has 2 N–H and O–H groups in total. The number of aromatic nitrogens is 1. The van der Waals surface area contributed by atoms with Gasteiger partial charge in [0, 0.05) is 25.6 Å². The van der Waals surface area contributed by atoms with Gasteiger partial charge >= 0.3 is 6.08 Å². The molecule has 0 aliphatic heterocycles. The summed E-state index contributed by atoms with van der Waals surface area (Å²) >= 11 is 0. The van der Waals surface area contributed by atoms with Crippen LogP contribution < -0.4 is 15.6 Å². The van der Waals surface area contributed by atoms with Crippen molar-refractivity contribution in [3.63, 3.8) is 0 Å². The number of carbonyl (C=O) groups excluding carboxylic acids is 1. The Kier molecular flexibility index (Phi) is 14.2. The molecule has 2 rings (SSSR count). The van der Waals surface area contributed by atoms with E-state index in [-0.39, 0.29) is 5.91 Å². The number of nitrogens with one attached hydrogen (secondary N) is 2. The maximum absolute atomic E-state index is 13.3. The van der Waals surface area contributed by atoms with Crippen molar-refractivity contribution >= 4 is 11.6 Å². The van der Waals surface area contributed by atoms with Crippen LogP contribution in [0.5, 0.6) is 0 Å². The lowest BCUT2D eigenvalue weighted by atomic mass is 10.1. The highest BCUT2D eigenvalue weighted by molar-refractivity contribution is 5.93. The SMILES string of the molecule is CCCCCCN(CCCCCC)C(=O)c1ccc[n+](CCc2ccc(NNOC=C(F)F)cc2)c1. The Balaban J connectivity index is 1.91. The number of hydrazine groups is 1. The summed E-state index contributed by atoms with van der Waals surface area (Å²) in [7, 11) is 0. The topological polar surface area (TPSA) is 57.5 Å². The van der Waals surface area contributed by atoms with Gasteiger partial charge in [-0.3, -0.25) is 10.2 Å². The van der Waals surface area contributed by atoms with E-state index in [2.05, 4.69) is 34.3 Å². The first-order chi connectivity index (χ1) is 17.5. The van der Waals surface area contributed by atoms with Crippen LogP contribution in [0.25, 0.3) is 0 Å². The maximum atomic E-state index is 13.3. The van der Waals surface area contributed by atoms with E-state index in [9.17, 15) is 13.6 Å². The standard InChI is InChI=1S/C28H41F2N4O2/c1-3-5-7-9-19-34(20-10-8-6-4-2)28(35)25-12-11-18-33(22-25)21-17-24-13-15-26(16-14-24)31-32-36-23-27(29)30/h11-16,18,22-23,31-32H,3-10,17,19-21H2,1-2H3/q+1. The molecule has 0 aliphatic carbocycles. The van der Waals surface area contributed by atoms with Gasteiger partial charge in [-0.05, 0) is 36.6 Å². The number of rotatable bonds is 18. The zero-order valence-electron chi connectivity index (χ0n) is 21.6. The quantitative estimate of drug-likeness (QED) is 0.107. The molecule has 0 aliphatic rings. The molecule has 0 saturated carbocycles. The normalized spacial score (nSPS) is 10.7. The molecule has 0 unspecified atom stereocenters. The van der Waals surface area contributed by atoms with E-state index in [0.717, 1.165) is 62.9 Å². The van der Waals surface area contributed by atoms with Crippen molar-refractivity contribution < 1.29 is 23.0 Å². The van der Waals surface area contributed by atoms with Crippen molar-refractivity contribution in [1.29, 1.82) is 0 Å². The average molecular weight is 504 g/mol. The monoisotopic (exact) mass is 503 g/mol. The number of hydrogen-bond donors (Lipinski definition) is 2. The number of pyridine rings is 1. The van der Waals surface area contributed by atoms with E-state index >= 15 is 0 Å². The highest BCUT2D eigenvalue weighted by atomic mass is 19.3. The van der Waals surface area contributed by atoms with Crippen LogP contribution in [0.4, 0.5) is 14.5 Å². The number of hydrogen-bond acceptors (Lipinski definition) is 4. The minimum atomic E-state index is -1.92. The Bertz CT molecular complexity index is 906. The first-order valence-corrected chi connectivity index (χ1v) is 13.1. The molecule has 2 aromatic rings. The molecular formula is C28H41F2N4O2+. The molecule has 0 spiro atoms. The fourth-order valence-corrected chi connectivity index (χ4v) is 3.92. The second kappa shape index (κ2) is 17.4. The molecule has 1 heterocycles. The predicted molar refractivity (Wildman–Crippen MR) is 139 cm³/mol. The van der Waals surface area contributed by atoms with E-state index < -0.39 is 6.08 Å². The van der Waals surface area contributed by atoms with Crippen molar-refractivity contribution in [2.24, 2.45) is 0 Å². The zero-order valence-corrected chi connectivity index (χ0v) is 21.6. The number of nitrogens with zero attached hydrogens (tertiary/aromatic N) is 2. The van der Waals surface area contributed by atoms with Crippen molar-refractivity contribution in [3.05, 3.63) is 72.3 Å². The van der Waals surface area contributed by atoms with E-state index in [1.54, 1.807) is 0 Å². The molecule has 0 atom stereocenters. The van der Waals surface area contributed by atoms with E-state index in [0.29, 0.717) is 11.9 Å². The predicted octanol–water partition coefficient (Wildman–Crippen LogP) is 6.41. The van der Waals surface area contributed by atoms with E-state index in [4.69, 9.17) is 0 Å². The van der Waals surface area contributed by atoms with Crippen LogP contribution in [0.15, 0.2) is 61.1 Å². The highest BCUT2D eigenvalue weighted by Crippen LogP contribution is 2.11. The lowest BCUT2D eigenvalue weighted by Gasteiger charge is -2.22. The number of aryl methyl sites for hydroxylation is 2. The fourth-order valence-electron chi connectivity index (χ4n) is 3.92. The third-order valence-corrected chi connectivity index (χ3v) is 5.97. The Hall–Kier alpha value is -3.00. The van der Waals surface area contributed by atoms with Crippen LogP contribution >= 0.6 is 0 Å². The second-order valence-corrected chi connectivity index (χ2v) is 8.94. The first-order valence-electron chi connectivity index (χ1n) is 13.1. The average Bonchev–Trinajstić information content (AvgIpc) is 2.89. The summed E-state index contributed by atoms with van der Waals surface area (Å²) in [4.78, 5) is 19.8. The van der Waals surface area contributed by atoms with Gasteiger partial charge in [0.05, 0.1) is 5.69 Å². The van der Waals surface area contributed by atoms with Gasteiger partial charge in [0.1, 0.15) is 5.56 Å². The summed E-state index contributed by atoms with van der Waals surface area (Å²) in [5.74, 6) is 0.116. The molecule has 8 heteroatoms. The van der Waals surface area contributed by atoms with Gasteiger partial charge in [0.15, 0.2) is 25.2 Å². The van der Waals surface area contributed by atoms with Crippen LogP contribution in [0.3, 0.4) is 0 Å². The van der Waals surface area contributed by atoms with E-state index in [1.807, 2.05) is 53.7 Å². The van der Waals surface area contributed by atoms with Gasteiger partial charge in [-0.15, -0.1) is 0 Å². The molecule has 36 heavy (non-hydrogen) atoms. The maximum Gasteiger partial charge on any atom is 0.307 e. The number of carbonyl (C=O) groups is 1. The van der Waals surface area contributed by atoms with Crippen molar-refractivity contribution in [3.8, 4) is 0 Å². The largest absolute Gasteiger partial charge is 0.391 e. The van der Waals surface area contributed by atoms with Crippen LogP contribution in [0.1, 0.15) is 81.1 Å². The Labute approximate surface area is 214 Å². The fraction of sp³-hybridized carbons (Fsp3) is 0.500. The molecule has 1 aromatic heterocycles. The molecule has 6 nitrogen and oxygen atoms in total. The van der Waals surface area contributed by atoms with Crippen molar-refractivity contribution in [2.75, 3.05) is 18.5 Å². The smallest absolute Gasteiger partial charge is 0.307 e. The zero-order chi connectivity index (χ0) is 26.0. The van der Waals surface area contributed by atoms with Gasteiger partial charge in [0.25, 0.3) is 5.91 Å². The molecular weight excluding hydrogens is 462 g/mol. The van der Waals surface area contributed by atoms with Gasteiger partial charge in [-0.2, -0.15) is 8.78 Å². The summed E-state index contributed by atoms with van der Waals surface area (Å²) in [5.41, 5.74) is 7.44. The van der Waals surface area contributed by atoms with Crippen molar-refractivity contribution in [2.45, 2.75) is 78.2 Å². The highest BCUT2D eigenvalue weighted by Gasteiger charge is 2.18. The lowest BCUT2D eigenvalue weighted by molar-refractivity contribution is -0.696. The third kappa shape index (κ3) is 11.6. The molecule has 0 radical (unpaired) electrons. The van der Waals surface area contributed by atoms with Crippen LogP contribution in [-0.2, 0) is 17.8 Å². The number of anilines is 1. The molecule has 198 valence electrons. The minimum Gasteiger partial charge on any atom is -0.391 e. The summed E-state index contributed by atoms with van der Waals surface area (Å²) in [6, 6.07) is 11.4. The molecule has 0 saturated heterocycles.